The lowest BCUT2D eigenvalue weighted by atomic mass is 9.87. The summed E-state index contributed by atoms with van der Waals surface area (Å²) in [6, 6.07) is 6.24. The minimum absolute atomic E-state index is 0.334. The molecule has 20 heavy (non-hydrogen) atoms. The van der Waals surface area contributed by atoms with Gasteiger partial charge in [-0.2, -0.15) is 0 Å². The van der Waals surface area contributed by atoms with Crippen molar-refractivity contribution in [1.82, 2.24) is 5.32 Å². The molecule has 0 heterocycles. The number of nitrogens with one attached hydrogen (secondary N) is 1. The van der Waals surface area contributed by atoms with Crippen LogP contribution in [0.1, 0.15) is 56.7 Å². The molecule has 1 unspecified atom stereocenters. The molecule has 0 aliphatic heterocycles. The molecule has 3 heteroatoms. The van der Waals surface area contributed by atoms with Crippen molar-refractivity contribution >= 4 is 0 Å². The van der Waals surface area contributed by atoms with Gasteiger partial charge in [-0.1, -0.05) is 6.07 Å². The number of ether oxygens (including phenoxy) is 1. The molecule has 0 aromatic heterocycles. The van der Waals surface area contributed by atoms with Crippen LogP contribution in [0.5, 0.6) is 5.75 Å². The summed E-state index contributed by atoms with van der Waals surface area (Å²) in [5.74, 6) is 0.384. The Hall–Kier alpha value is -1.06. The fraction of sp³-hybridized carbons (Fsp3) is 0.647. The van der Waals surface area contributed by atoms with Gasteiger partial charge in [0.05, 0.1) is 6.10 Å². The maximum atomic E-state index is 9.56. The van der Waals surface area contributed by atoms with E-state index < -0.39 is 0 Å². The van der Waals surface area contributed by atoms with Crippen LogP contribution in [-0.4, -0.2) is 24.4 Å². The van der Waals surface area contributed by atoms with Crippen LogP contribution < -0.4 is 5.32 Å². The van der Waals surface area contributed by atoms with Gasteiger partial charge in [0.25, 0.3) is 0 Å². The van der Waals surface area contributed by atoms with Gasteiger partial charge in [0.1, 0.15) is 5.75 Å². The van der Waals surface area contributed by atoms with Crippen LogP contribution in [0.15, 0.2) is 18.2 Å². The lowest BCUT2D eigenvalue weighted by Gasteiger charge is -2.26. The number of fused-ring (bicyclic) bond motifs is 1. The van der Waals surface area contributed by atoms with Crippen LogP contribution in [0.4, 0.5) is 0 Å². The van der Waals surface area contributed by atoms with Crippen LogP contribution in [0.25, 0.3) is 0 Å². The maximum Gasteiger partial charge on any atom is 0.115 e. The molecule has 1 aliphatic rings. The molecule has 0 saturated carbocycles. The zero-order chi connectivity index (χ0) is 14.4. The first kappa shape index (κ1) is 15.3. The van der Waals surface area contributed by atoms with E-state index in [0.29, 0.717) is 17.9 Å². The van der Waals surface area contributed by atoms with E-state index in [1.165, 1.54) is 24.0 Å². The molecule has 0 radical (unpaired) electrons. The smallest absolute Gasteiger partial charge is 0.115 e. The third kappa shape index (κ3) is 4.50. The first-order valence-electron chi connectivity index (χ1n) is 7.83. The molecule has 0 fully saturated rings. The SMILES string of the molecule is CC(C)OCCCCNC1CCCc2cc(O)ccc21. The molecule has 0 amide bonds. The van der Waals surface area contributed by atoms with Gasteiger partial charge in [-0.25, -0.2) is 0 Å². The van der Waals surface area contributed by atoms with Gasteiger partial charge in [0.2, 0.25) is 0 Å². The van der Waals surface area contributed by atoms with Crippen LogP contribution in [-0.2, 0) is 11.2 Å². The lowest BCUT2D eigenvalue weighted by molar-refractivity contribution is 0.0759. The van der Waals surface area contributed by atoms with Crippen molar-refractivity contribution in [1.29, 1.82) is 0 Å². The summed E-state index contributed by atoms with van der Waals surface area (Å²) in [6.07, 6.45) is 6.08. The predicted octanol–water partition coefficient (Wildman–Crippen LogP) is 3.56. The number of benzene rings is 1. The highest BCUT2D eigenvalue weighted by molar-refractivity contribution is 5.38. The fourth-order valence-electron chi connectivity index (χ4n) is 2.84. The first-order chi connectivity index (χ1) is 9.66. The Labute approximate surface area is 122 Å². The van der Waals surface area contributed by atoms with Gasteiger partial charge in [0, 0.05) is 12.6 Å². The number of aryl methyl sites for hydroxylation is 1. The number of hydrogen-bond acceptors (Lipinski definition) is 3. The molecular formula is C17H27NO2. The number of aromatic hydroxyl groups is 1. The van der Waals surface area contributed by atoms with Gasteiger partial charge in [-0.3, -0.25) is 0 Å². The summed E-state index contributed by atoms with van der Waals surface area (Å²) >= 11 is 0. The molecule has 2 rings (SSSR count). The van der Waals surface area contributed by atoms with E-state index in [1.807, 2.05) is 6.07 Å². The predicted molar refractivity (Wildman–Crippen MR) is 82.1 cm³/mol. The number of phenolic OH excluding ortho intramolecular Hbond substituents is 1. The number of rotatable bonds is 7. The van der Waals surface area contributed by atoms with Crippen molar-refractivity contribution in [3.63, 3.8) is 0 Å². The minimum Gasteiger partial charge on any atom is -0.508 e. The van der Waals surface area contributed by atoms with Crippen LogP contribution in [0.3, 0.4) is 0 Å². The molecule has 1 aromatic rings. The summed E-state index contributed by atoms with van der Waals surface area (Å²) in [7, 11) is 0. The summed E-state index contributed by atoms with van der Waals surface area (Å²) < 4.78 is 5.55. The van der Waals surface area contributed by atoms with Gasteiger partial charge < -0.3 is 15.2 Å². The number of phenols is 1. The van der Waals surface area contributed by atoms with E-state index >= 15 is 0 Å². The average Bonchev–Trinajstić information content (AvgIpc) is 2.42. The Bertz CT molecular complexity index is 417. The van der Waals surface area contributed by atoms with E-state index in [2.05, 4.69) is 25.2 Å². The maximum absolute atomic E-state index is 9.56. The molecule has 1 aromatic carbocycles. The second-order valence-electron chi connectivity index (χ2n) is 5.91. The Balaban J connectivity index is 1.75. The van der Waals surface area contributed by atoms with Crippen LogP contribution >= 0.6 is 0 Å². The lowest BCUT2D eigenvalue weighted by Crippen LogP contribution is -2.26. The van der Waals surface area contributed by atoms with E-state index in [0.717, 1.165) is 32.4 Å². The average molecular weight is 277 g/mol. The summed E-state index contributed by atoms with van der Waals surface area (Å²) in [5, 5.41) is 13.2. The van der Waals surface area contributed by atoms with Crippen molar-refractivity contribution in [2.45, 2.75) is 58.1 Å². The van der Waals surface area contributed by atoms with E-state index in [4.69, 9.17) is 4.74 Å². The Morgan fingerprint density at radius 3 is 3.00 bits per heavy atom. The van der Waals surface area contributed by atoms with Gasteiger partial charge in [-0.05, 0) is 75.8 Å². The second kappa shape index (κ2) is 7.65. The Morgan fingerprint density at radius 2 is 2.20 bits per heavy atom. The molecule has 112 valence electrons. The van der Waals surface area contributed by atoms with Gasteiger partial charge >= 0.3 is 0 Å². The minimum atomic E-state index is 0.334. The van der Waals surface area contributed by atoms with Crippen molar-refractivity contribution in [3.8, 4) is 5.75 Å². The Kier molecular flexibility index (Phi) is 5.86. The van der Waals surface area contributed by atoms with E-state index in [1.54, 1.807) is 6.07 Å². The van der Waals surface area contributed by atoms with E-state index in [-0.39, 0.29) is 0 Å². The van der Waals surface area contributed by atoms with Gasteiger partial charge in [0.15, 0.2) is 0 Å². The molecule has 1 atom stereocenters. The molecular weight excluding hydrogens is 250 g/mol. The topological polar surface area (TPSA) is 41.5 Å². The first-order valence-corrected chi connectivity index (χ1v) is 7.83. The molecule has 0 bridgehead atoms. The molecule has 3 nitrogen and oxygen atoms in total. The zero-order valence-corrected chi connectivity index (χ0v) is 12.7. The highest BCUT2D eigenvalue weighted by Gasteiger charge is 2.19. The normalized spacial score (nSPS) is 18.2. The fourth-order valence-corrected chi connectivity index (χ4v) is 2.84. The van der Waals surface area contributed by atoms with Crippen LogP contribution in [0.2, 0.25) is 0 Å². The zero-order valence-electron chi connectivity index (χ0n) is 12.7. The van der Waals surface area contributed by atoms with Crippen LogP contribution in [0, 0.1) is 0 Å². The van der Waals surface area contributed by atoms with Gasteiger partial charge in [-0.15, -0.1) is 0 Å². The Morgan fingerprint density at radius 1 is 1.35 bits per heavy atom. The van der Waals surface area contributed by atoms with Crippen molar-refractivity contribution in [2.24, 2.45) is 0 Å². The largest absolute Gasteiger partial charge is 0.508 e. The highest BCUT2D eigenvalue weighted by atomic mass is 16.5. The summed E-state index contributed by atoms with van der Waals surface area (Å²) in [6.45, 7) is 6.04. The standard InChI is InChI=1S/C17H27NO2/c1-13(2)20-11-4-3-10-18-17-7-5-6-14-12-15(19)8-9-16(14)17/h8-9,12-13,17-19H,3-7,10-11H2,1-2H3. The number of hydrogen-bond donors (Lipinski definition) is 2. The van der Waals surface area contributed by atoms with Crippen molar-refractivity contribution in [2.75, 3.05) is 13.2 Å². The summed E-state index contributed by atoms with van der Waals surface area (Å²) in [5.41, 5.74) is 2.67. The van der Waals surface area contributed by atoms with Crippen molar-refractivity contribution < 1.29 is 9.84 Å². The quantitative estimate of drug-likeness (QED) is 0.749. The second-order valence-corrected chi connectivity index (χ2v) is 5.91. The van der Waals surface area contributed by atoms with Crippen molar-refractivity contribution in [3.05, 3.63) is 29.3 Å². The third-order valence-corrected chi connectivity index (χ3v) is 3.85. The highest BCUT2D eigenvalue weighted by Crippen LogP contribution is 2.31. The summed E-state index contributed by atoms with van der Waals surface area (Å²) in [4.78, 5) is 0. The number of unbranched alkanes of at least 4 members (excludes halogenated alkanes) is 1. The van der Waals surface area contributed by atoms with E-state index in [9.17, 15) is 5.11 Å². The monoisotopic (exact) mass is 277 g/mol. The molecule has 2 N–H and O–H groups in total. The molecule has 0 spiro atoms. The molecule has 1 aliphatic carbocycles. The third-order valence-electron chi connectivity index (χ3n) is 3.85. The molecule has 0 saturated heterocycles.